The van der Waals surface area contributed by atoms with Crippen molar-refractivity contribution in [3.05, 3.63) is 64.2 Å². The minimum Gasteiger partial charge on any atom is -0.484 e. The lowest BCUT2D eigenvalue weighted by Gasteiger charge is -2.14. The van der Waals surface area contributed by atoms with Gasteiger partial charge < -0.3 is 4.74 Å². The summed E-state index contributed by atoms with van der Waals surface area (Å²) in [6.07, 6.45) is -8.31. The second kappa shape index (κ2) is 8.05. The molecule has 11 heteroatoms. The molecule has 0 atom stereocenters. The van der Waals surface area contributed by atoms with E-state index >= 15 is 0 Å². The van der Waals surface area contributed by atoms with Gasteiger partial charge in [0.05, 0.1) is 5.56 Å². The zero-order chi connectivity index (χ0) is 23.0. The van der Waals surface area contributed by atoms with Crippen LogP contribution in [0.1, 0.15) is 29.4 Å². The Balaban J connectivity index is 2.14. The molecule has 2 heterocycles. The average Bonchev–Trinajstić information content (AvgIpc) is 2.70. The minimum atomic E-state index is -5.00. The van der Waals surface area contributed by atoms with Gasteiger partial charge >= 0.3 is 12.4 Å². The molecule has 1 aromatic carbocycles. The van der Waals surface area contributed by atoms with Crippen molar-refractivity contribution in [3.63, 3.8) is 0 Å². The number of alkyl halides is 6. The molecule has 3 aromatic rings. The van der Waals surface area contributed by atoms with Crippen molar-refractivity contribution < 1.29 is 35.9 Å². The fourth-order valence-electron chi connectivity index (χ4n) is 2.86. The molecule has 0 bridgehead atoms. The molecular weight excluding hydrogens is 430 g/mol. The number of benzene rings is 1. The quantitative estimate of drug-likeness (QED) is 0.414. The standard InChI is InChI=1S/C20H14F6N2O3/c1-2-14(29)12-7-8-28-15(9-12)27-17(20(24,25)26)16(18(28)30)11-3-5-13(6-4-11)31-10-19(21,22)23/h3-9H,2,10H2,1H3. The van der Waals surface area contributed by atoms with Gasteiger partial charge in [0.25, 0.3) is 5.56 Å². The summed E-state index contributed by atoms with van der Waals surface area (Å²) in [6, 6.07) is 6.53. The lowest BCUT2D eigenvalue weighted by atomic mass is 10.0. The topological polar surface area (TPSA) is 60.7 Å². The second-order valence-electron chi connectivity index (χ2n) is 6.49. The number of carbonyl (C=O) groups is 1. The Morgan fingerprint density at radius 1 is 1.06 bits per heavy atom. The Bertz CT molecular complexity index is 1180. The van der Waals surface area contributed by atoms with E-state index in [1.165, 1.54) is 6.07 Å². The fourth-order valence-corrected chi connectivity index (χ4v) is 2.86. The number of aromatic nitrogens is 2. The van der Waals surface area contributed by atoms with Crippen LogP contribution in [0, 0.1) is 0 Å². The molecule has 164 valence electrons. The minimum absolute atomic E-state index is 0.112. The third-order valence-electron chi connectivity index (χ3n) is 4.29. The highest BCUT2D eigenvalue weighted by molar-refractivity contribution is 5.96. The SMILES string of the molecule is CCC(=O)c1ccn2c(=O)c(-c3ccc(OCC(F)(F)F)cc3)c(C(F)(F)F)nc2c1. The molecule has 0 saturated heterocycles. The van der Waals surface area contributed by atoms with E-state index in [4.69, 9.17) is 0 Å². The smallest absolute Gasteiger partial charge is 0.434 e. The molecular formula is C20H14F6N2O3. The van der Waals surface area contributed by atoms with Crippen LogP contribution in [0.4, 0.5) is 26.3 Å². The van der Waals surface area contributed by atoms with Gasteiger partial charge in [0.15, 0.2) is 18.1 Å². The van der Waals surface area contributed by atoms with Crippen LogP contribution in [0.15, 0.2) is 47.4 Å². The predicted octanol–water partition coefficient (Wildman–Crippen LogP) is 4.91. The number of halogens is 6. The van der Waals surface area contributed by atoms with Crippen LogP contribution in [0.5, 0.6) is 5.75 Å². The van der Waals surface area contributed by atoms with Gasteiger partial charge in [-0.25, -0.2) is 4.98 Å². The summed E-state index contributed by atoms with van der Waals surface area (Å²) in [6.45, 7) is 0.0115. The van der Waals surface area contributed by atoms with E-state index in [1.54, 1.807) is 6.92 Å². The molecule has 0 unspecified atom stereocenters. The van der Waals surface area contributed by atoms with Crippen molar-refractivity contribution in [2.75, 3.05) is 6.61 Å². The first kappa shape index (κ1) is 22.3. The van der Waals surface area contributed by atoms with Gasteiger partial charge in [-0.3, -0.25) is 14.0 Å². The molecule has 0 aliphatic heterocycles. The van der Waals surface area contributed by atoms with E-state index in [2.05, 4.69) is 9.72 Å². The van der Waals surface area contributed by atoms with E-state index in [0.29, 0.717) is 0 Å². The zero-order valence-corrected chi connectivity index (χ0v) is 15.8. The van der Waals surface area contributed by atoms with Crippen LogP contribution in [0.2, 0.25) is 0 Å². The Hall–Kier alpha value is -3.37. The largest absolute Gasteiger partial charge is 0.484 e. The summed E-state index contributed by atoms with van der Waals surface area (Å²) in [5.74, 6) is -0.560. The average molecular weight is 444 g/mol. The molecule has 0 fully saturated rings. The molecule has 0 amide bonds. The van der Waals surface area contributed by atoms with Gasteiger partial charge in [-0.2, -0.15) is 26.3 Å². The number of ketones is 1. The number of nitrogens with zero attached hydrogens (tertiary/aromatic N) is 2. The van der Waals surface area contributed by atoms with Gasteiger partial charge in [0, 0.05) is 18.2 Å². The lowest BCUT2D eigenvalue weighted by Crippen LogP contribution is -2.24. The maximum absolute atomic E-state index is 13.7. The monoisotopic (exact) mass is 444 g/mol. The summed E-state index contributed by atoms with van der Waals surface area (Å²) in [7, 11) is 0. The number of carbonyl (C=O) groups excluding carboxylic acids is 1. The van der Waals surface area contributed by atoms with Crippen LogP contribution >= 0.6 is 0 Å². The van der Waals surface area contributed by atoms with Crippen molar-refractivity contribution in [2.45, 2.75) is 25.7 Å². The molecule has 0 aliphatic carbocycles. The summed E-state index contributed by atoms with van der Waals surface area (Å²) in [5.41, 5.74) is -3.74. The van der Waals surface area contributed by atoms with E-state index in [1.807, 2.05) is 0 Å². The molecule has 5 nitrogen and oxygen atoms in total. The highest BCUT2D eigenvalue weighted by atomic mass is 19.4. The molecule has 2 aromatic heterocycles. The Morgan fingerprint density at radius 2 is 1.71 bits per heavy atom. The summed E-state index contributed by atoms with van der Waals surface area (Å²) < 4.78 is 83.2. The third-order valence-corrected chi connectivity index (χ3v) is 4.29. The summed E-state index contributed by atoms with van der Waals surface area (Å²) in [4.78, 5) is 28.2. The van der Waals surface area contributed by atoms with E-state index in [0.717, 1.165) is 40.9 Å². The highest BCUT2D eigenvalue weighted by Crippen LogP contribution is 2.35. The normalized spacial score (nSPS) is 12.2. The van der Waals surface area contributed by atoms with Gasteiger partial charge in [-0.15, -0.1) is 0 Å². The van der Waals surface area contributed by atoms with Crippen LogP contribution in [0.25, 0.3) is 16.8 Å². The van der Waals surface area contributed by atoms with E-state index in [-0.39, 0.29) is 34.7 Å². The lowest BCUT2D eigenvalue weighted by molar-refractivity contribution is -0.153. The summed E-state index contributed by atoms with van der Waals surface area (Å²) in [5, 5.41) is 0. The Labute approximate surface area is 170 Å². The van der Waals surface area contributed by atoms with Crippen molar-refractivity contribution in [1.82, 2.24) is 9.38 Å². The highest BCUT2D eigenvalue weighted by Gasteiger charge is 2.38. The molecule has 0 aliphatic rings. The Morgan fingerprint density at radius 3 is 2.26 bits per heavy atom. The number of pyridine rings is 1. The van der Waals surface area contributed by atoms with Crippen molar-refractivity contribution >= 4 is 11.4 Å². The van der Waals surface area contributed by atoms with E-state index in [9.17, 15) is 35.9 Å². The Kier molecular flexibility index (Phi) is 5.79. The number of hydrogen-bond donors (Lipinski definition) is 0. The predicted molar refractivity (Wildman–Crippen MR) is 98.1 cm³/mol. The van der Waals surface area contributed by atoms with Crippen LogP contribution < -0.4 is 10.3 Å². The van der Waals surface area contributed by atoms with Crippen molar-refractivity contribution in [2.24, 2.45) is 0 Å². The van der Waals surface area contributed by atoms with Crippen molar-refractivity contribution in [3.8, 4) is 16.9 Å². The summed E-state index contributed by atoms with van der Waals surface area (Å²) >= 11 is 0. The first-order chi connectivity index (χ1) is 14.4. The number of Topliss-reactive ketones (excluding diaryl/α,β-unsaturated/α-hetero) is 1. The molecule has 0 spiro atoms. The van der Waals surface area contributed by atoms with Gasteiger partial charge in [-0.1, -0.05) is 19.1 Å². The molecule has 0 radical (unpaired) electrons. The molecule has 31 heavy (non-hydrogen) atoms. The first-order valence-corrected chi connectivity index (χ1v) is 8.87. The van der Waals surface area contributed by atoms with Gasteiger partial charge in [-0.05, 0) is 29.8 Å². The van der Waals surface area contributed by atoms with E-state index < -0.39 is 35.8 Å². The zero-order valence-electron chi connectivity index (χ0n) is 15.8. The number of fused-ring (bicyclic) bond motifs is 1. The molecule has 3 rings (SSSR count). The number of rotatable bonds is 5. The second-order valence-corrected chi connectivity index (χ2v) is 6.49. The third kappa shape index (κ3) is 4.86. The molecule has 0 saturated carbocycles. The van der Waals surface area contributed by atoms with Crippen LogP contribution in [-0.2, 0) is 6.18 Å². The van der Waals surface area contributed by atoms with Gasteiger partial charge in [0.1, 0.15) is 11.4 Å². The van der Waals surface area contributed by atoms with Crippen molar-refractivity contribution in [1.29, 1.82) is 0 Å². The van der Waals surface area contributed by atoms with Gasteiger partial charge in [0.2, 0.25) is 0 Å². The fraction of sp³-hybridized carbons (Fsp3) is 0.250. The van der Waals surface area contributed by atoms with Crippen LogP contribution in [0.3, 0.4) is 0 Å². The van der Waals surface area contributed by atoms with Crippen LogP contribution in [-0.4, -0.2) is 28.0 Å². The number of hydrogen-bond acceptors (Lipinski definition) is 4. The molecule has 0 N–H and O–H groups in total. The maximum atomic E-state index is 13.7. The first-order valence-electron chi connectivity index (χ1n) is 8.87. The number of ether oxygens (including phenoxy) is 1. The maximum Gasteiger partial charge on any atom is 0.434 e.